The first-order chi connectivity index (χ1) is 12.6. The first-order valence-electron chi connectivity index (χ1n) is 9.29. The fraction of sp³-hybridized carbons (Fsp3) is 0.409. The minimum Gasteiger partial charge on any atom is -0.378 e. The Balaban J connectivity index is 1.52. The molecule has 4 rings (SSSR count). The van der Waals surface area contributed by atoms with E-state index in [4.69, 9.17) is 4.74 Å². The van der Waals surface area contributed by atoms with Gasteiger partial charge in [-0.2, -0.15) is 0 Å². The van der Waals surface area contributed by atoms with Crippen LogP contribution in [0.2, 0.25) is 0 Å². The quantitative estimate of drug-likeness (QED) is 0.778. The summed E-state index contributed by atoms with van der Waals surface area (Å²) < 4.78 is 19.4. The van der Waals surface area contributed by atoms with Crippen molar-refractivity contribution >= 4 is 5.78 Å². The zero-order valence-corrected chi connectivity index (χ0v) is 15.0. The van der Waals surface area contributed by atoms with Gasteiger partial charge in [-0.05, 0) is 43.0 Å². The topological polar surface area (TPSA) is 29.5 Å². The number of piperidine rings is 1. The summed E-state index contributed by atoms with van der Waals surface area (Å²) in [5.41, 5.74) is 2.67. The molecule has 136 valence electrons. The Morgan fingerprint density at radius 2 is 1.81 bits per heavy atom. The molecule has 2 unspecified atom stereocenters. The Morgan fingerprint density at radius 3 is 2.50 bits per heavy atom. The van der Waals surface area contributed by atoms with E-state index in [1.807, 2.05) is 13.0 Å². The van der Waals surface area contributed by atoms with E-state index in [9.17, 15) is 9.18 Å². The molecule has 0 spiro atoms. The monoisotopic (exact) mass is 353 g/mol. The number of carbonyl (C=O) groups excluding carboxylic acids is 1. The smallest absolute Gasteiger partial charge is 0.166 e. The van der Waals surface area contributed by atoms with E-state index in [-0.39, 0.29) is 29.6 Å². The molecule has 0 amide bonds. The van der Waals surface area contributed by atoms with Crippen LogP contribution in [0, 0.1) is 18.7 Å². The van der Waals surface area contributed by atoms with E-state index in [1.54, 1.807) is 6.07 Å². The zero-order valence-electron chi connectivity index (χ0n) is 15.0. The molecule has 2 aromatic carbocycles. The number of Topliss-reactive ketones (excluding diaryl/α,β-unsaturated/α-hetero) is 1. The molecule has 2 aliphatic rings. The average Bonchev–Trinajstić information content (AvgIpc) is 2.64. The Bertz CT molecular complexity index is 778. The van der Waals surface area contributed by atoms with Gasteiger partial charge in [-0.25, -0.2) is 4.39 Å². The lowest BCUT2D eigenvalue weighted by atomic mass is 9.79. The van der Waals surface area contributed by atoms with Gasteiger partial charge in [-0.1, -0.05) is 36.4 Å². The molecule has 0 radical (unpaired) electrons. The molecule has 0 saturated carbocycles. The van der Waals surface area contributed by atoms with Crippen LogP contribution in [0.15, 0.2) is 48.5 Å². The molecule has 2 saturated heterocycles. The molecule has 26 heavy (non-hydrogen) atoms. The van der Waals surface area contributed by atoms with Crippen molar-refractivity contribution in [3.8, 4) is 0 Å². The summed E-state index contributed by atoms with van der Waals surface area (Å²) in [6.45, 7) is 4.09. The third kappa shape index (κ3) is 3.44. The first kappa shape index (κ1) is 17.4. The van der Waals surface area contributed by atoms with Crippen LogP contribution in [0.5, 0.6) is 0 Å². The summed E-state index contributed by atoms with van der Waals surface area (Å²) in [5, 5.41) is 0. The van der Waals surface area contributed by atoms with Crippen molar-refractivity contribution in [3.63, 3.8) is 0 Å². The van der Waals surface area contributed by atoms with E-state index in [1.165, 1.54) is 17.7 Å². The van der Waals surface area contributed by atoms with E-state index in [0.29, 0.717) is 18.8 Å². The molecule has 3 nitrogen and oxygen atoms in total. The maximum Gasteiger partial charge on any atom is 0.166 e. The van der Waals surface area contributed by atoms with Gasteiger partial charge in [0.05, 0.1) is 13.2 Å². The highest BCUT2D eigenvalue weighted by Gasteiger charge is 2.41. The van der Waals surface area contributed by atoms with Crippen molar-refractivity contribution in [3.05, 3.63) is 71.0 Å². The van der Waals surface area contributed by atoms with Crippen molar-refractivity contribution in [2.45, 2.75) is 38.4 Å². The molecule has 4 heteroatoms. The summed E-state index contributed by atoms with van der Waals surface area (Å²) in [5.74, 6) is -0.316. The number of hydrogen-bond acceptors (Lipinski definition) is 3. The second-order valence-corrected chi connectivity index (χ2v) is 7.49. The van der Waals surface area contributed by atoms with Crippen molar-refractivity contribution in [2.75, 3.05) is 13.2 Å². The highest BCUT2D eigenvalue weighted by molar-refractivity contribution is 5.99. The van der Waals surface area contributed by atoms with Crippen LogP contribution in [0.25, 0.3) is 0 Å². The number of ether oxygens (including phenoxy) is 1. The lowest BCUT2D eigenvalue weighted by molar-refractivity contribution is -0.0872. The molecule has 2 heterocycles. The number of benzene rings is 2. The predicted molar refractivity (Wildman–Crippen MR) is 98.6 cm³/mol. The van der Waals surface area contributed by atoms with Crippen LogP contribution in [0.1, 0.15) is 34.3 Å². The molecule has 2 aromatic rings. The molecule has 0 N–H and O–H groups in total. The Hall–Kier alpha value is -2.04. The van der Waals surface area contributed by atoms with Gasteiger partial charge in [-0.15, -0.1) is 0 Å². The van der Waals surface area contributed by atoms with Crippen LogP contribution < -0.4 is 0 Å². The van der Waals surface area contributed by atoms with Gasteiger partial charge in [-0.3, -0.25) is 9.69 Å². The fourth-order valence-electron chi connectivity index (χ4n) is 4.34. The average molecular weight is 353 g/mol. The third-order valence-corrected chi connectivity index (χ3v) is 5.72. The number of fused-ring (bicyclic) bond motifs is 2. The first-order valence-corrected chi connectivity index (χ1v) is 9.29. The third-order valence-electron chi connectivity index (χ3n) is 5.72. The number of halogens is 1. The normalized spacial score (nSPS) is 25.8. The van der Waals surface area contributed by atoms with Gasteiger partial charge in [0.15, 0.2) is 5.78 Å². The van der Waals surface area contributed by atoms with Crippen LogP contribution in [0.4, 0.5) is 4.39 Å². The van der Waals surface area contributed by atoms with Gasteiger partial charge in [0.25, 0.3) is 0 Å². The summed E-state index contributed by atoms with van der Waals surface area (Å²) in [4.78, 5) is 15.5. The Kier molecular flexibility index (Phi) is 4.88. The maximum atomic E-state index is 13.6. The molecular formula is C22H24FNO2. The maximum absolute atomic E-state index is 13.6. The number of hydrogen-bond donors (Lipinski definition) is 0. The van der Waals surface area contributed by atoms with Crippen molar-refractivity contribution < 1.29 is 13.9 Å². The van der Waals surface area contributed by atoms with Gasteiger partial charge in [0.1, 0.15) is 5.82 Å². The molecule has 2 bridgehead atoms. The summed E-state index contributed by atoms with van der Waals surface area (Å²) in [6.07, 6.45) is 1.55. The molecule has 2 aliphatic heterocycles. The highest BCUT2D eigenvalue weighted by atomic mass is 19.1. The molecular weight excluding hydrogens is 329 g/mol. The minimum atomic E-state index is -0.344. The second kappa shape index (κ2) is 7.29. The van der Waals surface area contributed by atoms with Gasteiger partial charge >= 0.3 is 0 Å². The number of aryl methyl sites for hydroxylation is 1. The molecule has 2 fully saturated rings. The second-order valence-electron chi connectivity index (χ2n) is 7.49. The SMILES string of the molecule is Cc1ccc(F)cc1C(=O)C1CC2COCC(C1)N2Cc1ccccc1. The Morgan fingerprint density at radius 1 is 1.12 bits per heavy atom. The molecule has 0 aliphatic carbocycles. The van der Waals surface area contributed by atoms with Crippen LogP contribution >= 0.6 is 0 Å². The van der Waals surface area contributed by atoms with Crippen molar-refractivity contribution in [1.29, 1.82) is 0 Å². The highest BCUT2D eigenvalue weighted by Crippen LogP contribution is 2.35. The lowest BCUT2D eigenvalue weighted by Crippen LogP contribution is -2.57. The number of nitrogens with zero attached hydrogens (tertiary/aromatic N) is 1. The minimum absolute atomic E-state index is 0.0542. The van der Waals surface area contributed by atoms with Gasteiger partial charge in [0, 0.05) is 30.1 Å². The predicted octanol–water partition coefficient (Wildman–Crippen LogP) is 4.00. The van der Waals surface area contributed by atoms with Crippen molar-refractivity contribution in [2.24, 2.45) is 5.92 Å². The van der Waals surface area contributed by atoms with Crippen LogP contribution in [-0.2, 0) is 11.3 Å². The molecule has 2 atom stereocenters. The summed E-state index contributed by atoms with van der Waals surface area (Å²) in [7, 11) is 0. The standard InChI is InChI=1S/C22H24FNO2/c1-15-7-8-18(23)11-21(15)22(25)17-9-19-13-26-14-20(10-17)24(19)12-16-5-3-2-4-6-16/h2-8,11,17,19-20H,9-10,12-14H2,1H3. The number of rotatable bonds is 4. The van der Waals surface area contributed by atoms with E-state index < -0.39 is 0 Å². The largest absolute Gasteiger partial charge is 0.378 e. The van der Waals surface area contributed by atoms with Gasteiger partial charge < -0.3 is 4.74 Å². The lowest BCUT2D eigenvalue weighted by Gasteiger charge is -2.48. The molecule has 0 aromatic heterocycles. The van der Waals surface area contributed by atoms with E-state index in [2.05, 4.69) is 29.2 Å². The fourth-order valence-corrected chi connectivity index (χ4v) is 4.34. The summed E-state index contributed by atoms with van der Waals surface area (Å²) >= 11 is 0. The zero-order chi connectivity index (χ0) is 18.1. The number of morpholine rings is 1. The van der Waals surface area contributed by atoms with Crippen molar-refractivity contribution in [1.82, 2.24) is 4.90 Å². The van der Waals surface area contributed by atoms with Gasteiger partial charge in [0.2, 0.25) is 0 Å². The summed E-state index contributed by atoms with van der Waals surface area (Å²) in [6, 6.07) is 15.4. The van der Waals surface area contributed by atoms with E-state index >= 15 is 0 Å². The van der Waals surface area contributed by atoms with Crippen LogP contribution in [0.3, 0.4) is 0 Å². The number of carbonyl (C=O) groups is 1. The number of ketones is 1. The van der Waals surface area contributed by atoms with Crippen LogP contribution in [-0.4, -0.2) is 36.0 Å². The Labute approximate surface area is 153 Å². The van der Waals surface area contributed by atoms with E-state index in [0.717, 1.165) is 24.9 Å².